The molecule has 0 radical (unpaired) electrons. The maximum absolute atomic E-state index is 13.7. The molecule has 0 aliphatic carbocycles. The smallest absolute Gasteiger partial charge is 0.150 e. The van der Waals surface area contributed by atoms with Crippen LogP contribution in [0.2, 0.25) is 0 Å². The van der Waals surface area contributed by atoms with Crippen LogP contribution in [-0.4, -0.2) is 6.29 Å². The summed E-state index contributed by atoms with van der Waals surface area (Å²) in [5.41, 5.74) is 0.970. The molecule has 0 aliphatic heterocycles. The Morgan fingerprint density at radius 1 is 1.10 bits per heavy atom. The molecule has 0 heterocycles. The maximum Gasteiger partial charge on any atom is 0.150 e. The van der Waals surface area contributed by atoms with Gasteiger partial charge in [0.2, 0.25) is 0 Å². The van der Waals surface area contributed by atoms with Crippen molar-refractivity contribution in [1.29, 1.82) is 0 Å². The van der Waals surface area contributed by atoms with Crippen molar-refractivity contribution in [3.05, 3.63) is 60.7 Å². The number of carbonyl (C=O) groups excluding carboxylic acids is 1. The molecule has 0 atom stereocenters. The Balaban J connectivity index is 2.21. The molecule has 104 valence electrons. The van der Waals surface area contributed by atoms with Gasteiger partial charge in [-0.25, -0.2) is 4.39 Å². The summed E-state index contributed by atoms with van der Waals surface area (Å²) >= 11 is 9.86. The molecular weight excluding hydrogens is 459 g/mol. The fraction of sp³-hybridized carbons (Fsp3) is 0.0714. The number of rotatable bonds is 4. The van der Waals surface area contributed by atoms with Crippen molar-refractivity contribution in [2.45, 2.75) is 6.61 Å². The summed E-state index contributed by atoms with van der Waals surface area (Å²) in [4.78, 5) is 10.7. The van der Waals surface area contributed by atoms with Gasteiger partial charge in [0.1, 0.15) is 24.5 Å². The van der Waals surface area contributed by atoms with Gasteiger partial charge >= 0.3 is 0 Å². The van der Waals surface area contributed by atoms with Gasteiger partial charge in [-0.2, -0.15) is 0 Å². The highest BCUT2D eigenvalue weighted by molar-refractivity contribution is 9.11. The second-order valence-corrected chi connectivity index (χ2v) is 6.58. The van der Waals surface area contributed by atoms with Gasteiger partial charge in [0, 0.05) is 15.6 Å². The van der Waals surface area contributed by atoms with E-state index in [1.165, 1.54) is 6.07 Å². The van der Waals surface area contributed by atoms with E-state index in [0.29, 0.717) is 30.3 Å². The van der Waals surface area contributed by atoms with Crippen LogP contribution in [0.5, 0.6) is 5.75 Å². The molecule has 0 amide bonds. The molecule has 2 nitrogen and oxygen atoms in total. The summed E-state index contributed by atoms with van der Waals surface area (Å²) in [5.74, 6) is 0.189. The van der Waals surface area contributed by atoms with E-state index in [1.54, 1.807) is 24.3 Å². The third-order valence-electron chi connectivity index (χ3n) is 2.54. The monoisotopic (exact) mass is 464 g/mol. The van der Waals surface area contributed by atoms with Gasteiger partial charge in [0.05, 0.1) is 8.95 Å². The van der Waals surface area contributed by atoms with E-state index in [0.717, 1.165) is 6.29 Å². The Labute approximate surface area is 140 Å². The normalized spacial score (nSPS) is 10.4. The van der Waals surface area contributed by atoms with Crippen LogP contribution in [0, 0.1) is 5.82 Å². The summed E-state index contributed by atoms with van der Waals surface area (Å²) in [6.45, 7) is 0.0940. The molecule has 0 N–H and O–H groups in total. The maximum atomic E-state index is 13.7. The fourth-order valence-electron chi connectivity index (χ4n) is 1.57. The first-order valence-electron chi connectivity index (χ1n) is 5.52. The van der Waals surface area contributed by atoms with E-state index < -0.39 is 0 Å². The highest BCUT2D eigenvalue weighted by atomic mass is 79.9. The third-order valence-corrected chi connectivity index (χ3v) is 4.22. The SMILES string of the molecule is O=Cc1cc(Br)c(OCc2ccc(Br)cc2F)c(Br)c1. The van der Waals surface area contributed by atoms with Crippen molar-refractivity contribution in [3.63, 3.8) is 0 Å². The van der Waals surface area contributed by atoms with E-state index in [1.807, 2.05) is 0 Å². The van der Waals surface area contributed by atoms with Crippen LogP contribution in [0.3, 0.4) is 0 Å². The van der Waals surface area contributed by atoms with Gasteiger partial charge in [-0.1, -0.05) is 22.0 Å². The number of carbonyl (C=O) groups is 1. The number of hydrogen-bond donors (Lipinski definition) is 0. The van der Waals surface area contributed by atoms with Gasteiger partial charge in [0.15, 0.2) is 0 Å². The van der Waals surface area contributed by atoms with Gasteiger partial charge in [0.25, 0.3) is 0 Å². The lowest BCUT2D eigenvalue weighted by Gasteiger charge is -2.11. The van der Waals surface area contributed by atoms with E-state index in [4.69, 9.17) is 4.74 Å². The van der Waals surface area contributed by atoms with Gasteiger partial charge in [-0.05, 0) is 56.1 Å². The van der Waals surface area contributed by atoms with Crippen LogP contribution in [0.15, 0.2) is 43.7 Å². The Bertz CT molecular complexity index is 636. The first kappa shape index (κ1) is 15.7. The van der Waals surface area contributed by atoms with Crippen molar-refractivity contribution in [1.82, 2.24) is 0 Å². The zero-order chi connectivity index (χ0) is 14.7. The highest BCUT2D eigenvalue weighted by Gasteiger charge is 2.10. The van der Waals surface area contributed by atoms with Crippen molar-refractivity contribution < 1.29 is 13.9 Å². The first-order valence-corrected chi connectivity index (χ1v) is 7.90. The Kier molecular flexibility index (Phi) is 5.35. The molecular formula is C14H8Br3FO2. The van der Waals surface area contributed by atoms with Crippen molar-refractivity contribution in [2.24, 2.45) is 0 Å². The fourth-order valence-corrected chi connectivity index (χ4v) is 3.36. The first-order chi connectivity index (χ1) is 9.51. The third kappa shape index (κ3) is 3.68. The van der Waals surface area contributed by atoms with Crippen LogP contribution >= 0.6 is 47.8 Å². The molecule has 0 saturated heterocycles. The average Bonchev–Trinajstić information content (AvgIpc) is 2.39. The van der Waals surface area contributed by atoms with Crippen LogP contribution in [0.1, 0.15) is 15.9 Å². The van der Waals surface area contributed by atoms with Gasteiger partial charge < -0.3 is 4.74 Å². The lowest BCUT2D eigenvalue weighted by atomic mass is 10.2. The predicted octanol–water partition coefficient (Wildman–Crippen LogP) is 5.50. The van der Waals surface area contributed by atoms with Crippen molar-refractivity contribution in [3.8, 4) is 5.75 Å². The molecule has 0 aliphatic rings. The van der Waals surface area contributed by atoms with Gasteiger partial charge in [-0.3, -0.25) is 4.79 Å². The molecule has 0 saturated carbocycles. The predicted molar refractivity (Wildman–Crippen MR) is 85.7 cm³/mol. The molecule has 0 unspecified atom stereocenters. The molecule has 2 aromatic rings. The molecule has 2 aromatic carbocycles. The average molecular weight is 467 g/mol. The van der Waals surface area contributed by atoms with Crippen molar-refractivity contribution >= 4 is 54.1 Å². The highest BCUT2D eigenvalue weighted by Crippen LogP contribution is 2.35. The number of ether oxygens (including phenoxy) is 1. The van der Waals surface area contributed by atoms with E-state index in [2.05, 4.69) is 47.8 Å². The Hall–Kier alpha value is -0.720. The molecule has 2 rings (SSSR count). The molecule has 20 heavy (non-hydrogen) atoms. The molecule has 6 heteroatoms. The number of aldehydes is 1. The second-order valence-electron chi connectivity index (χ2n) is 3.96. The zero-order valence-corrected chi connectivity index (χ0v) is 14.8. The van der Waals surface area contributed by atoms with Crippen LogP contribution in [0.25, 0.3) is 0 Å². The molecule has 0 spiro atoms. The number of benzene rings is 2. The Morgan fingerprint density at radius 3 is 2.30 bits per heavy atom. The largest absolute Gasteiger partial charge is 0.486 e. The van der Waals surface area contributed by atoms with E-state index in [9.17, 15) is 9.18 Å². The standard InChI is InChI=1S/C14H8Br3FO2/c15-10-2-1-9(13(18)5-10)7-20-14-11(16)3-8(6-19)4-12(14)17/h1-6H,7H2. The number of hydrogen-bond acceptors (Lipinski definition) is 2. The van der Waals surface area contributed by atoms with Crippen LogP contribution in [0.4, 0.5) is 4.39 Å². The minimum Gasteiger partial charge on any atom is -0.486 e. The van der Waals surface area contributed by atoms with E-state index in [-0.39, 0.29) is 12.4 Å². The molecule has 0 bridgehead atoms. The summed E-state index contributed by atoms with van der Waals surface area (Å²) in [6, 6.07) is 8.08. The summed E-state index contributed by atoms with van der Waals surface area (Å²) < 4.78 is 21.2. The second kappa shape index (κ2) is 6.83. The van der Waals surface area contributed by atoms with Crippen LogP contribution < -0.4 is 4.74 Å². The van der Waals surface area contributed by atoms with Crippen molar-refractivity contribution in [2.75, 3.05) is 0 Å². The number of halogens is 4. The minimum atomic E-state index is -0.337. The van der Waals surface area contributed by atoms with Crippen LogP contribution in [-0.2, 0) is 6.61 Å². The molecule has 0 fully saturated rings. The Morgan fingerprint density at radius 2 is 1.75 bits per heavy atom. The zero-order valence-electron chi connectivity index (χ0n) is 10.00. The summed E-state index contributed by atoms with van der Waals surface area (Å²) in [6.07, 6.45) is 0.744. The minimum absolute atomic E-state index is 0.0940. The molecule has 0 aromatic heterocycles. The summed E-state index contributed by atoms with van der Waals surface area (Å²) in [5, 5.41) is 0. The van der Waals surface area contributed by atoms with Gasteiger partial charge in [-0.15, -0.1) is 0 Å². The lowest BCUT2D eigenvalue weighted by molar-refractivity contribution is 0.112. The quantitative estimate of drug-likeness (QED) is 0.556. The summed E-state index contributed by atoms with van der Waals surface area (Å²) in [7, 11) is 0. The topological polar surface area (TPSA) is 26.3 Å². The lowest BCUT2D eigenvalue weighted by Crippen LogP contribution is -2.00. The van der Waals surface area contributed by atoms with E-state index >= 15 is 0 Å².